The van der Waals surface area contributed by atoms with Crippen LogP contribution in [0.3, 0.4) is 0 Å². The maximum Gasteiger partial charge on any atom is 0.244 e. The van der Waals surface area contributed by atoms with Gasteiger partial charge in [0.2, 0.25) is 5.91 Å². The molecular weight excluding hydrogens is 414 g/mol. The number of nitrogens with zero attached hydrogens (tertiary/aromatic N) is 1. The number of ether oxygens (including phenoxy) is 1. The van der Waals surface area contributed by atoms with Gasteiger partial charge in [-0.05, 0) is 36.8 Å². The van der Waals surface area contributed by atoms with E-state index in [2.05, 4.69) is 29.5 Å². The summed E-state index contributed by atoms with van der Waals surface area (Å²) < 4.78 is 6.36. The first kappa shape index (κ1) is 21.1. The van der Waals surface area contributed by atoms with Crippen molar-refractivity contribution in [3.05, 3.63) is 17.8 Å². The number of anilines is 1. The number of hydrogen-bond donors (Lipinski definition) is 5. The van der Waals surface area contributed by atoms with E-state index in [9.17, 15) is 9.90 Å². The lowest BCUT2D eigenvalue weighted by molar-refractivity contribution is -0.124. The fourth-order valence-corrected chi connectivity index (χ4v) is 6.08. The number of aromatic amines is 1. The zero-order valence-electron chi connectivity index (χ0n) is 18.1. The predicted molar refractivity (Wildman–Crippen MR) is 122 cm³/mol. The van der Waals surface area contributed by atoms with Crippen molar-refractivity contribution in [1.29, 1.82) is 5.41 Å². The summed E-state index contributed by atoms with van der Waals surface area (Å²) in [6.45, 7) is 6.84. The molecule has 2 unspecified atom stereocenters. The molecule has 5 N–H and O–H groups in total. The number of thiophene rings is 1. The first-order valence-corrected chi connectivity index (χ1v) is 11.9. The van der Waals surface area contributed by atoms with E-state index in [4.69, 9.17) is 10.1 Å². The van der Waals surface area contributed by atoms with Gasteiger partial charge in [-0.25, -0.2) is 0 Å². The average molecular weight is 446 g/mol. The number of amides is 1. The lowest BCUT2D eigenvalue weighted by atomic mass is 9.71. The second-order valence-corrected chi connectivity index (χ2v) is 10.9. The Morgan fingerprint density at radius 1 is 1.39 bits per heavy atom. The van der Waals surface area contributed by atoms with E-state index in [0.29, 0.717) is 43.5 Å². The Balaban J connectivity index is 1.27. The molecule has 1 saturated carbocycles. The molecule has 5 rings (SSSR count). The SMILES string of the molecule is CC1(C)CCC2(C(=N)c3cc4sc(NC(=O)[C@H](CO)N5CCOCC5)cc4[nH]3)NC2C1. The average Bonchev–Trinajstić information content (AvgIpc) is 3.12. The summed E-state index contributed by atoms with van der Waals surface area (Å²) in [4.78, 5) is 18.1. The van der Waals surface area contributed by atoms with E-state index in [-0.39, 0.29) is 18.1 Å². The van der Waals surface area contributed by atoms with Gasteiger partial charge in [-0.2, -0.15) is 0 Å². The first-order chi connectivity index (χ1) is 14.8. The Bertz CT molecular complexity index is 977. The number of aliphatic hydroxyl groups excluding tert-OH is 1. The predicted octanol–water partition coefficient (Wildman–Crippen LogP) is 2.15. The van der Waals surface area contributed by atoms with Crippen molar-refractivity contribution in [3.8, 4) is 0 Å². The fourth-order valence-electron chi connectivity index (χ4n) is 5.12. The largest absolute Gasteiger partial charge is 0.394 e. The normalized spacial score (nSPS) is 28.8. The standard InChI is InChI=1S/C22H31N5O3S/c1-21(2)3-4-22(17(11-21)26-22)19(23)14-9-16-13(24-14)10-18(31-16)25-20(29)15(12-28)27-5-7-30-8-6-27/h9-10,15,17,23-24,26,28H,3-8,11-12H2,1-2H3,(H,25,29)/t15-,17?,22?/m0/s1. The summed E-state index contributed by atoms with van der Waals surface area (Å²) in [5.41, 5.74) is 2.60. The number of nitrogens with one attached hydrogen (secondary N) is 4. The van der Waals surface area contributed by atoms with Gasteiger partial charge < -0.3 is 25.6 Å². The highest BCUT2D eigenvalue weighted by Crippen LogP contribution is 2.49. The Morgan fingerprint density at radius 2 is 2.16 bits per heavy atom. The molecule has 0 aromatic carbocycles. The number of aromatic nitrogens is 1. The molecule has 3 aliphatic rings. The van der Waals surface area contributed by atoms with Crippen molar-refractivity contribution in [2.24, 2.45) is 5.41 Å². The topological polar surface area (TPSA) is 123 Å². The third-order valence-electron chi connectivity index (χ3n) is 7.13. The van der Waals surface area contributed by atoms with Crippen LogP contribution in [0.1, 0.15) is 38.8 Å². The fraction of sp³-hybridized carbons (Fsp3) is 0.636. The molecule has 1 amide bonds. The molecule has 2 aromatic rings. The number of H-pyrrole nitrogens is 1. The van der Waals surface area contributed by atoms with Gasteiger partial charge in [0.05, 0.1) is 52.0 Å². The molecule has 2 aliphatic heterocycles. The van der Waals surface area contributed by atoms with Crippen molar-refractivity contribution in [2.75, 3.05) is 38.2 Å². The Hall–Kier alpha value is -1.78. The van der Waals surface area contributed by atoms with Gasteiger partial charge in [0, 0.05) is 19.1 Å². The molecule has 0 bridgehead atoms. The molecule has 3 atom stereocenters. The maximum atomic E-state index is 12.7. The summed E-state index contributed by atoms with van der Waals surface area (Å²) in [6.07, 6.45) is 3.23. The van der Waals surface area contributed by atoms with Crippen LogP contribution in [0.25, 0.3) is 10.2 Å². The maximum absolute atomic E-state index is 12.7. The third kappa shape index (κ3) is 3.82. The second-order valence-electron chi connectivity index (χ2n) is 9.82. The van der Waals surface area contributed by atoms with E-state index >= 15 is 0 Å². The van der Waals surface area contributed by atoms with Crippen molar-refractivity contribution >= 4 is 38.2 Å². The lowest BCUT2D eigenvalue weighted by Gasteiger charge is -2.32. The van der Waals surface area contributed by atoms with Crippen LogP contribution in [0.4, 0.5) is 5.00 Å². The first-order valence-electron chi connectivity index (χ1n) is 11.0. The zero-order valence-corrected chi connectivity index (χ0v) is 18.9. The van der Waals surface area contributed by atoms with Crippen molar-refractivity contribution in [3.63, 3.8) is 0 Å². The molecule has 4 heterocycles. The summed E-state index contributed by atoms with van der Waals surface area (Å²) in [7, 11) is 0. The highest BCUT2D eigenvalue weighted by atomic mass is 32.1. The number of aliphatic hydroxyl groups is 1. The number of fused-ring (bicyclic) bond motifs is 2. The van der Waals surface area contributed by atoms with Crippen molar-refractivity contribution in [1.82, 2.24) is 15.2 Å². The number of morpholine rings is 1. The molecular formula is C22H31N5O3S. The van der Waals surface area contributed by atoms with Gasteiger partial charge >= 0.3 is 0 Å². The van der Waals surface area contributed by atoms with Gasteiger partial charge in [-0.15, -0.1) is 11.3 Å². The van der Waals surface area contributed by atoms with Crippen LogP contribution >= 0.6 is 11.3 Å². The minimum absolute atomic E-state index is 0.175. The minimum atomic E-state index is -0.569. The van der Waals surface area contributed by atoms with E-state index in [0.717, 1.165) is 40.2 Å². The van der Waals surface area contributed by atoms with Crippen molar-refractivity contribution < 1.29 is 14.6 Å². The Morgan fingerprint density at radius 3 is 2.84 bits per heavy atom. The molecule has 2 saturated heterocycles. The van der Waals surface area contributed by atoms with Gasteiger partial charge in [-0.3, -0.25) is 15.0 Å². The highest BCUT2D eigenvalue weighted by Gasteiger charge is 2.61. The zero-order chi connectivity index (χ0) is 21.8. The van der Waals surface area contributed by atoms with Gasteiger partial charge in [0.25, 0.3) is 0 Å². The number of hydrogen-bond acceptors (Lipinski definition) is 7. The second kappa shape index (κ2) is 7.67. The minimum Gasteiger partial charge on any atom is -0.394 e. The van der Waals surface area contributed by atoms with Crippen LogP contribution in [0.15, 0.2) is 12.1 Å². The molecule has 9 heteroatoms. The molecule has 168 valence electrons. The summed E-state index contributed by atoms with van der Waals surface area (Å²) in [5.74, 6) is -0.199. The van der Waals surface area contributed by atoms with Gasteiger partial charge in [0.1, 0.15) is 6.04 Å². The van der Waals surface area contributed by atoms with Gasteiger partial charge in [-0.1, -0.05) is 13.8 Å². The van der Waals surface area contributed by atoms with E-state index in [1.807, 2.05) is 17.0 Å². The summed E-state index contributed by atoms with van der Waals surface area (Å²) >= 11 is 1.49. The Labute approximate surface area is 185 Å². The monoisotopic (exact) mass is 445 g/mol. The molecule has 8 nitrogen and oxygen atoms in total. The van der Waals surface area contributed by atoms with Crippen LogP contribution in [-0.4, -0.2) is 77.1 Å². The highest BCUT2D eigenvalue weighted by molar-refractivity contribution is 7.23. The van der Waals surface area contributed by atoms with Gasteiger partial charge in [0.15, 0.2) is 0 Å². The number of carbonyl (C=O) groups excluding carboxylic acids is 1. The van der Waals surface area contributed by atoms with Crippen molar-refractivity contribution in [2.45, 2.75) is 50.7 Å². The Kier molecular flexibility index (Phi) is 5.22. The summed E-state index contributed by atoms with van der Waals surface area (Å²) in [6, 6.07) is 3.77. The molecule has 31 heavy (non-hydrogen) atoms. The van der Waals surface area contributed by atoms with Crippen LogP contribution < -0.4 is 10.6 Å². The van der Waals surface area contributed by atoms with E-state index in [1.165, 1.54) is 11.3 Å². The van der Waals surface area contributed by atoms with Crippen LogP contribution in [-0.2, 0) is 9.53 Å². The smallest absolute Gasteiger partial charge is 0.244 e. The van der Waals surface area contributed by atoms with E-state index < -0.39 is 6.04 Å². The molecule has 0 spiro atoms. The van der Waals surface area contributed by atoms with Crippen LogP contribution in [0, 0.1) is 10.8 Å². The quantitative estimate of drug-likeness (QED) is 0.344. The molecule has 1 aliphatic carbocycles. The number of carbonyl (C=O) groups is 1. The number of rotatable bonds is 6. The van der Waals surface area contributed by atoms with Crippen LogP contribution in [0.2, 0.25) is 0 Å². The summed E-state index contributed by atoms with van der Waals surface area (Å²) in [5, 5.41) is 25.8. The molecule has 0 radical (unpaired) electrons. The van der Waals surface area contributed by atoms with E-state index in [1.54, 1.807) is 0 Å². The third-order valence-corrected chi connectivity index (χ3v) is 8.12. The lowest BCUT2D eigenvalue weighted by Crippen LogP contribution is -2.51. The molecule has 3 fully saturated rings. The van der Waals surface area contributed by atoms with Crippen LogP contribution in [0.5, 0.6) is 0 Å². The molecule has 2 aromatic heterocycles.